The Bertz CT molecular complexity index is 1240. The van der Waals surface area contributed by atoms with Gasteiger partial charge in [-0.3, -0.25) is 9.59 Å². The monoisotopic (exact) mass is 448 g/mol. The lowest BCUT2D eigenvalue weighted by Gasteiger charge is -2.13. The molecule has 7 heteroatoms. The normalized spacial score (nSPS) is 10.8. The Kier molecular flexibility index (Phi) is 7.75. The van der Waals surface area contributed by atoms with Crippen molar-refractivity contribution in [3.8, 4) is 11.8 Å². The molecule has 1 aromatic heterocycles. The molecule has 2 aromatic carbocycles. The largest absolute Gasteiger partial charge is 0.488 e. The Morgan fingerprint density at radius 2 is 1.88 bits per heavy atom. The van der Waals surface area contributed by atoms with Crippen LogP contribution in [0.4, 0.5) is 4.39 Å². The molecule has 3 aromatic rings. The van der Waals surface area contributed by atoms with Crippen LogP contribution >= 0.6 is 0 Å². The summed E-state index contributed by atoms with van der Waals surface area (Å²) in [5.41, 5.74) is 1.50. The van der Waals surface area contributed by atoms with Crippen molar-refractivity contribution in [3.63, 3.8) is 0 Å². The van der Waals surface area contributed by atoms with Gasteiger partial charge in [-0.05, 0) is 41.3 Å². The summed E-state index contributed by atoms with van der Waals surface area (Å²) in [6.07, 6.45) is 1.35. The number of nitriles is 1. The Morgan fingerprint density at radius 1 is 1.15 bits per heavy atom. The van der Waals surface area contributed by atoms with Gasteiger partial charge in [0.05, 0.1) is 12.2 Å². The fraction of sp³-hybridized carbons (Fsp3) is 0.269. The van der Waals surface area contributed by atoms with Gasteiger partial charge in [0.1, 0.15) is 29.8 Å². The second kappa shape index (κ2) is 10.7. The van der Waals surface area contributed by atoms with Crippen LogP contribution < -0.4 is 10.3 Å². The lowest BCUT2D eigenvalue weighted by atomic mass is 10.0. The fourth-order valence-corrected chi connectivity index (χ4v) is 3.32. The maximum absolute atomic E-state index is 14.0. The number of carbonyl (C=O) groups is 1. The summed E-state index contributed by atoms with van der Waals surface area (Å²) in [5, 5.41) is 9.32. The molecule has 1 heterocycles. The van der Waals surface area contributed by atoms with Gasteiger partial charge in [0.15, 0.2) is 5.78 Å². The number of ketones is 1. The number of rotatable bonds is 9. The van der Waals surface area contributed by atoms with E-state index in [1.807, 2.05) is 30.3 Å². The van der Waals surface area contributed by atoms with Gasteiger partial charge in [0.25, 0.3) is 5.56 Å². The minimum Gasteiger partial charge on any atom is -0.488 e. The predicted octanol–water partition coefficient (Wildman–Crippen LogP) is 4.44. The Morgan fingerprint density at radius 3 is 2.52 bits per heavy atom. The van der Waals surface area contributed by atoms with E-state index >= 15 is 0 Å². The third-order valence-corrected chi connectivity index (χ3v) is 5.23. The number of benzene rings is 2. The van der Waals surface area contributed by atoms with Crippen LogP contribution in [0.15, 0.2) is 59.5 Å². The highest BCUT2D eigenvalue weighted by Gasteiger charge is 2.19. The Hall–Kier alpha value is -3.76. The van der Waals surface area contributed by atoms with Gasteiger partial charge in [0, 0.05) is 25.4 Å². The zero-order valence-electron chi connectivity index (χ0n) is 18.8. The third-order valence-electron chi connectivity index (χ3n) is 5.23. The van der Waals surface area contributed by atoms with Gasteiger partial charge in [-0.1, -0.05) is 38.1 Å². The van der Waals surface area contributed by atoms with Gasteiger partial charge in [-0.15, -0.1) is 0 Å². The molecule has 0 unspecified atom stereocenters. The van der Waals surface area contributed by atoms with Crippen molar-refractivity contribution in [1.82, 2.24) is 4.57 Å². The van der Waals surface area contributed by atoms with Crippen LogP contribution in [0.2, 0.25) is 0 Å². The number of methoxy groups -OCH3 is 1. The SMILES string of the molecule is COCCn1cc(C(=O)c2cc(F)ccc2OCc2ccc(C(C)C)cc2)cc(C#N)c1=O. The zero-order valence-corrected chi connectivity index (χ0v) is 18.8. The van der Waals surface area contributed by atoms with Gasteiger partial charge in [0.2, 0.25) is 0 Å². The van der Waals surface area contributed by atoms with Crippen LogP contribution in [0.5, 0.6) is 5.75 Å². The maximum atomic E-state index is 14.0. The molecule has 0 bridgehead atoms. The highest BCUT2D eigenvalue weighted by atomic mass is 19.1. The number of pyridine rings is 1. The topological polar surface area (TPSA) is 81.3 Å². The van der Waals surface area contributed by atoms with E-state index in [-0.39, 0.29) is 42.2 Å². The molecule has 0 aliphatic carbocycles. The second-order valence-corrected chi connectivity index (χ2v) is 7.90. The quantitative estimate of drug-likeness (QED) is 0.452. The first-order valence-electron chi connectivity index (χ1n) is 10.5. The molecule has 3 rings (SSSR count). The first-order valence-corrected chi connectivity index (χ1v) is 10.5. The van der Waals surface area contributed by atoms with E-state index in [1.54, 1.807) is 0 Å². The van der Waals surface area contributed by atoms with E-state index in [4.69, 9.17) is 9.47 Å². The van der Waals surface area contributed by atoms with Crippen LogP contribution in [0.3, 0.4) is 0 Å². The van der Waals surface area contributed by atoms with Gasteiger partial charge in [-0.25, -0.2) is 4.39 Å². The molecule has 0 atom stereocenters. The van der Waals surface area contributed by atoms with Crippen molar-refractivity contribution in [2.45, 2.75) is 32.9 Å². The lowest BCUT2D eigenvalue weighted by Crippen LogP contribution is -2.25. The van der Waals surface area contributed by atoms with Gasteiger partial charge >= 0.3 is 0 Å². The summed E-state index contributed by atoms with van der Waals surface area (Å²) in [4.78, 5) is 25.6. The van der Waals surface area contributed by atoms with Crippen molar-refractivity contribution in [3.05, 3.63) is 98.7 Å². The molecule has 0 aliphatic heterocycles. The van der Waals surface area contributed by atoms with E-state index in [0.29, 0.717) is 5.92 Å². The molecule has 0 fully saturated rings. The smallest absolute Gasteiger partial charge is 0.268 e. The lowest BCUT2D eigenvalue weighted by molar-refractivity contribution is 0.103. The van der Waals surface area contributed by atoms with Crippen molar-refractivity contribution in [2.24, 2.45) is 0 Å². The molecule has 0 spiro atoms. The molecular formula is C26H25FN2O4. The number of carbonyl (C=O) groups excluding carboxylic acids is 1. The van der Waals surface area contributed by atoms with Gasteiger partial charge < -0.3 is 14.0 Å². The van der Waals surface area contributed by atoms with Crippen LogP contribution in [0, 0.1) is 17.1 Å². The highest BCUT2D eigenvalue weighted by Crippen LogP contribution is 2.25. The summed E-state index contributed by atoms with van der Waals surface area (Å²) in [6, 6.07) is 14.7. The van der Waals surface area contributed by atoms with Crippen LogP contribution in [-0.2, 0) is 17.9 Å². The number of ether oxygens (including phenoxy) is 2. The first kappa shape index (κ1) is 23.9. The minimum absolute atomic E-state index is 0.00892. The number of hydrogen-bond donors (Lipinski definition) is 0. The molecule has 33 heavy (non-hydrogen) atoms. The van der Waals surface area contributed by atoms with E-state index in [2.05, 4.69) is 13.8 Å². The molecule has 0 N–H and O–H groups in total. The van der Waals surface area contributed by atoms with E-state index in [9.17, 15) is 19.2 Å². The molecule has 6 nitrogen and oxygen atoms in total. The van der Waals surface area contributed by atoms with Crippen molar-refractivity contribution < 1.29 is 18.7 Å². The summed E-state index contributed by atoms with van der Waals surface area (Å²) in [7, 11) is 1.48. The summed E-state index contributed by atoms with van der Waals surface area (Å²) < 4.78 is 26.1. The zero-order chi connectivity index (χ0) is 24.0. The number of hydrogen-bond acceptors (Lipinski definition) is 5. The van der Waals surface area contributed by atoms with Crippen molar-refractivity contribution in [1.29, 1.82) is 5.26 Å². The maximum Gasteiger partial charge on any atom is 0.268 e. The fourth-order valence-electron chi connectivity index (χ4n) is 3.32. The van der Waals surface area contributed by atoms with E-state index in [0.717, 1.165) is 11.6 Å². The molecule has 170 valence electrons. The molecule has 0 aliphatic rings. The summed E-state index contributed by atoms with van der Waals surface area (Å²) in [6.45, 7) is 4.81. The number of nitrogens with zero attached hydrogens (tertiary/aromatic N) is 2. The predicted molar refractivity (Wildman–Crippen MR) is 122 cm³/mol. The van der Waals surface area contributed by atoms with Crippen LogP contribution in [-0.4, -0.2) is 24.1 Å². The average Bonchev–Trinajstić information content (AvgIpc) is 2.82. The Balaban J connectivity index is 1.91. The minimum atomic E-state index is -0.597. The van der Waals surface area contributed by atoms with Gasteiger partial charge in [-0.2, -0.15) is 5.26 Å². The molecular weight excluding hydrogens is 423 g/mol. The van der Waals surface area contributed by atoms with Crippen molar-refractivity contribution in [2.75, 3.05) is 13.7 Å². The Labute approximate surface area is 191 Å². The standard InChI is InChI=1S/C26H25FN2O4/c1-17(2)19-6-4-18(5-7-19)16-33-24-9-8-22(27)13-23(24)25(30)21-12-20(14-28)26(31)29(15-21)10-11-32-3/h4-9,12-13,15,17H,10-11,16H2,1-3H3. The summed E-state index contributed by atoms with van der Waals surface area (Å²) >= 11 is 0. The second-order valence-electron chi connectivity index (χ2n) is 7.90. The average molecular weight is 448 g/mol. The van der Waals surface area contributed by atoms with Crippen LogP contribution in [0.1, 0.15) is 52.4 Å². The third kappa shape index (κ3) is 5.73. The number of halogens is 1. The molecule has 0 saturated carbocycles. The molecule has 0 radical (unpaired) electrons. The van der Waals surface area contributed by atoms with E-state index in [1.165, 1.54) is 41.6 Å². The first-order chi connectivity index (χ1) is 15.8. The number of aromatic nitrogens is 1. The van der Waals surface area contributed by atoms with E-state index < -0.39 is 17.2 Å². The molecule has 0 amide bonds. The molecule has 0 saturated heterocycles. The summed E-state index contributed by atoms with van der Waals surface area (Å²) in [5.74, 6) is -0.531. The highest BCUT2D eigenvalue weighted by molar-refractivity contribution is 6.10. The van der Waals surface area contributed by atoms with Crippen molar-refractivity contribution >= 4 is 5.78 Å². The van der Waals surface area contributed by atoms with Crippen LogP contribution in [0.25, 0.3) is 0 Å².